The van der Waals surface area contributed by atoms with Crippen molar-refractivity contribution in [3.8, 4) is 0 Å². The van der Waals surface area contributed by atoms with Crippen LogP contribution in [0.5, 0.6) is 0 Å². The third-order valence-electron chi connectivity index (χ3n) is 4.54. The van der Waals surface area contributed by atoms with E-state index in [1.165, 1.54) is 10.6 Å². The second-order valence-corrected chi connectivity index (χ2v) is 6.61. The fraction of sp³-hybridized carbons (Fsp3) is 0.471. The first-order valence-electron chi connectivity index (χ1n) is 8.30. The topological polar surface area (TPSA) is 96.6 Å². The van der Waals surface area contributed by atoms with E-state index in [4.69, 9.17) is 4.42 Å². The van der Waals surface area contributed by atoms with Gasteiger partial charge in [-0.1, -0.05) is 0 Å². The molecule has 2 amide bonds. The van der Waals surface area contributed by atoms with Crippen molar-refractivity contribution in [1.29, 1.82) is 0 Å². The summed E-state index contributed by atoms with van der Waals surface area (Å²) in [5.41, 5.74) is 1.37. The molecule has 0 saturated carbocycles. The van der Waals surface area contributed by atoms with Crippen LogP contribution in [0.15, 0.2) is 27.4 Å². The van der Waals surface area contributed by atoms with E-state index in [1.54, 1.807) is 19.2 Å². The van der Waals surface area contributed by atoms with Gasteiger partial charge in [0.15, 0.2) is 5.58 Å². The van der Waals surface area contributed by atoms with E-state index < -0.39 is 17.6 Å². The second kappa shape index (κ2) is 6.72. The number of benzene rings is 1. The molecule has 0 aliphatic carbocycles. The highest BCUT2D eigenvalue weighted by molar-refractivity contribution is 6.39. The molecule has 1 fully saturated rings. The number of aryl methyl sites for hydroxylation is 1. The Morgan fingerprint density at radius 3 is 2.72 bits per heavy atom. The van der Waals surface area contributed by atoms with Gasteiger partial charge < -0.3 is 15.1 Å². The summed E-state index contributed by atoms with van der Waals surface area (Å²) in [4.78, 5) is 37.9. The molecule has 1 atom stereocenters. The Kier molecular flexibility index (Phi) is 4.63. The number of anilines is 1. The Hall–Kier alpha value is -2.61. The van der Waals surface area contributed by atoms with Gasteiger partial charge in [-0.05, 0) is 32.4 Å². The molecule has 2 heterocycles. The Bertz CT molecular complexity index is 867. The van der Waals surface area contributed by atoms with Crippen LogP contribution in [0.2, 0.25) is 0 Å². The first kappa shape index (κ1) is 17.2. The van der Waals surface area contributed by atoms with Crippen LogP contribution in [0.25, 0.3) is 11.1 Å². The van der Waals surface area contributed by atoms with Gasteiger partial charge in [-0.25, -0.2) is 4.79 Å². The number of amides is 2. The van der Waals surface area contributed by atoms with Gasteiger partial charge in [0.2, 0.25) is 0 Å². The van der Waals surface area contributed by atoms with Gasteiger partial charge in [0.05, 0.1) is 5.52 Å². The van der Waals surface area contributed by atoms with E-state index in [0.29, 0.717) is 22.8 Å². The van der Waals surface area contributed by atoms with Gasteiger partial charge >= 0.3 is 17.6 Å². The zero-order chi connectivity index (χ0) is 18.1. The third-order valence-corrected chi connectivity index (χ3v) is 4.54. The van der Waals surface area contributed by atoms with Crippen LogP contribution in [-0.2, 0) is 16.6 Å². The lowest BCUT2D eigenvalue weighted by Gasteiger charge is -2.20. The molecule has 2 aromatic rings. The standard InChI is InChI=1S/C17H22N4O4/c1-10(2)21-7-6-12(9-21)19-16(23)15(22)18-11-4-5-13-14(8-11)25-17(24)20(13)3/h4-5,8,10,12H,6-7,9H2,1-3H3,(H,18,22)(H,19,23)/t12-/m1/s1. The zero-order valence-electron chi connectivity index (χ0n) is 14.5. The summed E-state index contributed by atoms with van der Waals surface area (Å²) in [6.45, 7) is 5.87. The summed E-state index contributed by atoms with van der Waals surface area (Å²) >= 11 is 0. The molecule has 0 bridgehead atoms. The number of nitrogens with zero attached hydrogens (tertiary/aromatic N) is 2. The van der Waals surface area contributed by atoms with Gasteiger partial charge in [-0.2, -0.15) is 0 Å². The SMILES string of the molecule is CC(C)N1CC[C@@H](NC(=O)C(=O)Nc2ccc3c(c2)oc(=O)n3C)C1. The van der Waals surface area contributed by atoms with Crippen molar-refractivity contribution in [1.82, 2.24) is 14.8 Å². The molecule has 1 aromatic heterocycles. The summed E-state index contributed by atoms with van der Waals surface area (Å²) in [5.74, 6) is -1.88. The minimum atomic E-state index is -0.736. The van der Waals surface area contributed by atoms with Crippen molar-refractivity contribution in [3.05, 3.63) is 28.7 Å². The van der Waals surface area contributed by atoms with Crippen molar-refractivity contribution in [2.75, 3.05) is 18.4 Å². The fourth-order valence-corrected chi connectivity index (χ4v) is 3.02. The van der Waals surface area contributed by atoms with Gasteiger partial charge in [0, 0.05) is 44.0 Å². The largest absolute Gasteiger partial charge is 0.419 e. The number of fused-ring (bicyclic) bond motifs is 1. The van der Waals surface area contributed by atoms with Gasteiger partial charge in [-0.3, -0.25) is 19.1 Å². The Balaban J connectivity index is 1.62. The molecule has 1 aliphatic heterocycles. The smallest absolute Gasteiger partial charge is 0.408 e. The van der Waals surface area contributed by atoms with Crippen LogP contribution in [0.1, 0.15) is 20.3 Å². The average Bonchev–Trinajstić information content (AvgIpc) is 3.13. The summed E-state index contributed by atoms with van der Waals surface area (Å²) in [6.07, 6.45) is 0.832. The summed E-state index contributed by atoms with van der Waals surface area (Å²) < 4.78 is 6.44. The lowest BCUT2D eigenvalue weighted by atomic mass is 10.2. The van der Waals surface area contributed by atoms with Crippen LogP contribution in [0, 0.1) is 0 Å². The van der Waals surface area contributed by atoms with Crippen molar-refractivity contribution in [2.24, 2.45) is 7.05 Å². The van der Waals surface area contributed by atoms with Crippen LogP contribution >= 0.6 is 0 Å². The number of rotatable bonds is 3. The highest BCUT2D eigenvalue weighted by Crippen LogP contribution is 2.18. The van der Waals surface area contributed by atoms with E-state index in [-0.39, 0.29) is 6.04 Å². The molecule has 3 rings (SSSR count). The highest BCUT2D eigenvalue weighted by atomic mass is 16.4. The molecule has 25 heavy (non-hydrogen) atoms. The normalized spacial score (nSPS) is 18.0. The Morgan fingerprint density at radius 2 is 2.04 bits per heavy atom. The first-order chi connectivity index (χ1) is 11.8. The maximum atomic E-state index is 12.1. The van der Waals surface area contributed by atoms with E-state index in [0.717, 1.165) is 19.5 Å². The molecule has 1 aliphatic rings. The quantitative estimate of drug-likeness (QED) is 0.796. The third kappa shape index (κ3) is 3.58. The maximum absolute atomic E-state index is 12.1. The fourth-order valence-electron chi connectivity index (χ4n) is 3.02. The summed E-state index contributed by atoms with van der Waals surface area (Å²) in [6, 6.07) is 5.21. The van der Waals surface area contributed by atoms with Gasteiger partial charge in [-0.15, -0.1) is 0 Å². The lowest BCUT2D eigenvalue weighted by molar-refractivity contribution is -0.136. The minimum Gasteiger partial charge on any atom is -0.408 e. The van der Waals surface area contributed by atoms with E-state index in [1.807, 2.05) is 0 Å². The predicted octanol–water partition coefficient (Wildman–Crippen LogP) is 0.669. The molecule has 2 N–H and O–H groups in total. The molecule has 134 valence electrons. The van der Waals surface area contributed by atoms with Gasteiger partial charge in [0.25, 0.3) is 0 Å². The van der Waals surface area contributed by atoms with Crippen molar-refractivity contribution < 1.29 is 14.0 Å². The lowest BCUT2D eigenvalue weighted by Crippen LogP contribution is -2.43. The van der Waals surface area contributed by atoms with Crippen LogP contribution in [0.3, 0.4) is 0 Å². The van der Waals surface area contributed by atoms with Crippen molar-refractivity contribution in [3.63, 3.8) is 0 Å². The molecule has 8 nitrogen and oxygen atoms in total. The van der Waals surface area contributed by atoms with E-state index in [9.17, 15) is 14.4 Å². The molecule has 1 aromatic carbocycles. The number of carbonyl (C=O) groups is 2. The van der Waals surface area contributed by atoms with Crippen molar-refractivity contribution in [2.45, 2.75) is 32.4 Å². The molecular weight excluding hydrogens is 324 g/mol. The highest BCUT2D eigenvalue weighted by Gasteiger charge is 2.27. The number of hydrogen-bond acceptors (Lipinski definition) is 5. The molecule has 1 saturated heterocycles. The molecule has 8 heteroatoms. The van der Waals surface area contributed by atoms with Crippen LogP contribution in [-0.4, -0.2) is 46.5 Å². The monoisotopic (exact) mass is 346 g/mol. The first-order valence-corrected chi connectivity index (χ1v) is 8.30. The number of likely N-dealkylation sites (tertiary alicyclic amines) is 1. The zero-order valence-corrected chi connectivity index (χ0v) is 14.5. The Labute approximate surface area is 144 Å². The number of nitrogens with one attached hydrogen (secondary N) is 2. The molecule has 0 unspecified atom stereocenters. The summed E-state index contributed by atoms with van der Waals surface area (Å²) in [5, 5.41) is 5.30. The Morgan fingerprint density at radius 1 is 1.28 bits per heavy atom. The predicted molar refractivity (Wildman–Crippen MR) is 93.3 cm³/mol. The second-order valence-electron chi connectivity index (χ2n) is 6.61. The van der Waals surface area contributed by atoms with E-state index in [2.05, 4.69) is 29.4 Å². The summed E-state index contributed by atoms with van der Waals surface area (Å²) in [7, 11) is 1.60. The molecule has 0 radical (unpaired) electrons. The number of carbonyl (C=O) groups excluding carboxylic acids is 2. The van der Waals surface area contributed by atoms with E-state index >= 15 is 0 Å². The minimum absolute atomic E-state index is 0.0183. The van der Waals surface area contributed by atoms with Crippen LogP contribution in [0.4, 0.5) is 5.69 Å². The molecule has 0 spiro atoms. The van der Waals surface area contributed by atoms with Crippen molar-refractivity contribution >= 4 is 28.6 Å². The maximum Gasteiger partial charge on any atom is 0.419 e. The molecular formula is C17H22N4O4. The van der Waals surface area contributed by atoms with Gasteiger partial charge in [0.1, 0.15) is 0 Å². The number of aromatic nitrogens is 1. The number of hydrogen-bond donors (Lipinski definition) is 2. The number of oxazole rings is 1. The van der Waals surface area contributed by atoms with Crippen LogP contribution < -0.4 is 16.4 Å². The average molecular weight is 346 g/mol.